The lowest BCUT2D eigenvalue weighted by Gasteiger charge is -2.34. The Hall–Kier alpha value is -1.72. The molecule has 3 rings (SSSR count). The van der Waals surface area contributed by atoms with Gasteiger partial charge in [0.15, 0.2) is 0 Å². The molecule has 2 aliphatic rings. The third-order valence-electron chi connectivity index (χ3n) is 7.19. The van der Waals surface area contributed by atoms with Crippen molar-refractivity contribution in [3.8, 4) is 0 Å². The first-order valence-corrected chi connectivity index (χ1v) is 12.9. The smallest absolute Gasteiger partial charge is 0.238 e. The first kappa shape index (κ1) is 27.9. The monoisotopic (exact) mass is 512 g/mol. The standard InChI is InChI=1S/C25H37FN2O6S/c1-13(9-17-12-35-16(4)27-17)18-10-20-25(26,34-20)7-8-33-15(3)22(31)14(2)23(32)24(5,6)19(29)11-21(30)28-18/h9,12,14-15,18-20,22,29,31H,7-8,10-11H2,1-6H3,(H,28,30)/t14-,15+,18+,19+,20-,22+,25+/m1/s1. The van der Waals surface area contributed by atoms with Crippen LogP contribution in [0.4, 0.5) is 4.39 Å². The van der Waals surface area contributed by atoms with Crippen LogP contribution < -0.4 is 5.32 Å². The Labute approximate surface area is 209 Å². The molecule has 1 aromatic rings. The molecule has 1 amide bonds. The number of ketones is 1. The number of aliphatic hydroxyl groups is 2. The average molecular weight is 513 g/mol. The lowest BCUT2D eigenvalue weighted by atomic mass is 9.74. The van der Waals surface area contributed by atoms with E-state index in [2.05, 4.69) is 10.3 Å². The topological polar surface area (TPSA) is 121 Å². The molecule has 2 saturated heterocycles. The number of amides is 1. The zero-order valence-corrected chi connectivity index (χ0v) is 22.0. The quantitative estimate of drug-likeness (QED) is 0.521. The van der Waals surface area contributed by atoms with Crippen LogP contribution in [0.1, 0.15) is 64.6 Å². The second kappa shape index (κ2) is 10.7. The summed E-state index contributed by atoms with van der Waals surface area (Å²) in [4.78, 5) is 30.5. The molecule has 35 heavy (non-hydrogen) atoms. The number of nitrogens with zero attached hydrogens (tertiary/aromatic N) is 1. The maximum Gasteiger partial charge on any atom is 0.238 e. The summed E-state index contributed by atoms with van der Waals surface area (Å²) in [5.74, 6) is -3.58. The number of aromatic nitrogens is 1. The largest absolute Gasteiger partial charge is 0.392 e. The normalized spacial score (nSPS) is 37.5. The number of thiazole rings is 1. The number of carbonyl (C=O) groups is 2. The number of epoxide rings is 1. The molecule has 8 nitrogen and oxygen atoms in total. The van der Waals surface area contributed by atoms with E-state index >= 15 is 4.39 Å². The lowest BCUT2D eigenvalue weighted by molar-refractivity contribution is -0.146. The minimum atomic E-state index is -1.88. The van der Waals surface area contributed by atoms with Crippen LogP contribution in [0.25, 0.3) is 6.08 Å². The summed E-state index contributed by atoms with van der Waals surface area (Å²) in [5.41, 5.74) is 0.242. The van der Waals surface area contributed by atoms with E-state index in [-0.39, 0.29) is 31.7 Å². The van der Waals surface area contributed by atoms with Crippen molar-refractivity contribution in [1.29, 1.82) is 0 Å². The maximum absolute atomic E-state index is 15.1. The number of aryl methyl sites for hydroxylation is 1. The van der Waals surface area contributed by atoms with E-state index in [4.69, 9.17) is 9.47 Å². The highest BCUT2D eigenvalue weighted by atomic mass is 32.1. The number of Topliss-reactive ketones (excluding diaryl/α,β-unsaturated/α-hetero) is 1. The first-order valence-electron chi connectivity index (χ1n) is 12.0. The maximum atomic E-state index is 15.1. The van der Waals surface area contributed by atoms with Gasteiger partial charge in [-0.1, -0.05) is 20.8 Å². The number of ether oxygens (including phenoxy) is 2. The van der Waals surface area contributed by atoms with E-state index in [0.717, 1.165) is 16.3 Å². The number of aliphatic hydroxyl groups excluding tert-OH is 2. The lowest BCUT2D eigenvalue weighted by Crippen LogP contribution is -2.48. The summed E-state index contributed by atoms with van der Waals surface area (Å²) in [6.07, 6.45) is -2.19. The van der Waals surface area contributed by atoms with Gasteiger partial charge in [-0.3, -0.25) is 9.59 Å². The summed E-state index contributed by atoms with van der Waals surface area (Å²) < 4.78 is 26.1. The number of hydrogen-bond acceptors (Lipinski definition) is 8. The van der Waals surface area contributed by atoms with Gasteiger partial charge in [0, 0.05) is 24.1 Å². The van der Waals surface area contributed by atoms with Crippen molar-refractivity contribution >= 4 is 29.1 Å². The number of rotatable bonds is 2. The molecule has 2 aliphatic heterocycles. The van der Waals surface area contributed by atoms with Crippen LogP contribution in [0.2, 0.25) is 0 Å². The molecule has 0 bridgehead atoms. The van der Waals surface area contributed by atoms with Crippen molar-refractivity contribution in [2.24, 2.45) is 11.3 Å². The molecule has 10 heteroatoms. The Morgan fingerprint density at radius 3 is 2.63 bits per heavy atom. The van der Waals surface area contributed by atoms with Gasteiger partial charge in [0.25, 0.3) is 0 Å². The Morgan fingerprint density at radius 2 is 2.00 bits per heavy atom. The summed E-state index contributed by atoms with van der Waals surface area (Å²) in [6, 6.07) is -0.549. The molecule has 3 heterocycles. The van der Waals surface area contributed by atoms with E-state index in [9.17, 15) is 19.8 Å². The number of halogens is 1. The molecule has 2 fully saturated rings. The number of fused-ring (bicyclic) bond motifs is 1. The molecule has 0 aromatic carbocycles. The van der Waals surface area contributed by atoms with E-state index in [1.807, 2.05) is 25.3 Å². The van der Waals surface area contributed by atoms with Gasteiger partial charge in [0.05, 0.1) is 53.5 Å². The van der Waals surface area contributed by atoms with Crippen molar-refractivity contribution in [3.05, 3.63) is 21.7 Å². The third kappa shape index (κ3) is 6.54. The van der Waals surface area contributed by atoms with Gasteiger partial charge in [-0.05, 0) is 32.4 Å². The molecule has 0 unspecified atom stereocenters. The van der Waals surface area contributed by atoms with Gasteiger partial charge >= 0.3 is 0 Å². The SMILES string of the molecule is CC(=Cc1csc(C)n1)[C@@H]1C[C@H]2O[C@@]2(F)CCO[C@@H](C)[C@@H](O)[C@@H](C)C(=O)C(C)(C)[C@@H](O)CC(=O)N1. The fraction of sp³-hybridized carbons (Fsp3) is 0.720. The van der Waals surface area contributed by atoms with Crippen molar-refractivity contribution in [1.82, 2.24) is 10.3 Å². The van der Waals surface area contributed by atoms with Crippen molar-refractivity contribution in [2.75, 3.05) is 6.61 Å². The van der Waals surface area contributed by atoms with Crippen LogP contribution in [-0.4, -0.2) is 69.8 Å². The van der Waals surface area contributed by atoms with E-state index in [1.54, 1.807) is 27.7 Å². The molecule has 1 aromatic heterocycles. The fourth-order valence-corrected chi connectivity index (χ4v) is 5.05. The van der Waals surface area contributed by atoms with Crippen LogP contribution in [0.3, 0.4) is 0 Å². The molecule has 0 spiro atoms. The van der Waals surface area contributed by atoms with Crippen LogP contribution >= 0.6 is 11.3 Å². The summed E-state index contributed by atoms with van der Waals surface area (Å²) in [6.45, 7) is 10.0. The number of carbonyl (C=O) groups excluding carboxylic acids is 2. The third-order valence-corrected chi connectivity index (χ3v) is 7.98. The molecule has 196 valence electrons. The minimum absolute atomic E-state index is 0.00209. The van der Waals surface area contributed by atoms with Crippen LogP contribution in [0, 0.1) is 18.3 Å². The van der Waals surface area contributed by atoms with Gasteiger partial charge in [0.1, 0.15) is 11.9 Å². The van der Waals surface area contributed by atoms with Gasteiger partial charge in [-0.2, -0.15) is 0 Å². The Kier molecular flexibility index (Phi) is 8.53. The molecular weight excluding hydrogens is 475 g/mol. The van der Waals surface area contributed by atoms with Crippen molar-refractivity contribution < 1.29 is 33.7 Å². The second-order valence-corrected chi connectivity index (χ2v) is 11.4. The highest BCUT2D eigenvalue weighted by Gasteiger charge is 2.58. The van der Waals surface area contributed by atoms with E-state index in [1.165, 1.54) is 11.3 Å². The fourth-order valence-electron chi connectivity index (χ4n) is 4.48. The predicted octanol–water partition coefficient (Wildman–Crippen LogP) is 2.95. The minimum Gasteiger partial charge on any atom is -0.392 e. The van der Waals surface area contributed by atoms with Gasteiger partial charge in [-0.25, -0.2) is 9.37 Å². The predicted molar refractivity (Wildman–Crippen MR) is 130 cm³/mol. The molecule has 0 saturated carbocycles. The molecule has 0 radical (unpaired) electrons. The van der Waals surface area contributed by atoms with Crippen molar-refractivity contribution in [2.45, 2.75) is 97.1 Å². The van der Waals surface area contributed by atoms with E-state index < -0.39 is 53.6 Å². The average Bonchev–Trinajstić information content (AvgIpc) is 3.22. The van der Waals surface area contributed by atoms with E-state index in [0.29, 0.717) is 0 Å². The highest BCUT2D eigenvalue weighted by Crippen LogP contribution is 2.44. The Bertz CT molecular complexity index is 966. The van der Waals surface area contributed by atoms with Gasteiger partial charge in [0.2, 0.25) is 11.8 Å². The Balaban J connectivity index is 1.85. The summed E-state index contributed by atoms with van der Waals surface area (Å²) in [5, 5.41) is 27.1. The number of nitrogens with one attached hydrogen (secondary N) is 1. The molecular formula is C25H37FN2O6S. The first-order chi connectivity index (χ1) is 16.2. The van der Waals surface area contributed by atoms with Crippen molar-refractivity contribution in [3.63, 3.8) is 0 Å². The van der Waals surface area contributed by atoms with Crippen LogP contribution in [-0.2, 0) is 19.1 Å². The molecule has 3 N–H and O–H groups in total. The van der Waals surface area contributed by atoms with Gasteiger partial charge in [-0.15, -0.1) is 11.3 Å². The van der Waals surface area contributed by atoms with Crippen LogP contribution in [0.5, 0.6) is 0 Å². The summed E-state index contributed by atoms with van der Waals surface area (Å²) in [7, 11) is 0. The summed E-state index contributed by atoms with van der Waals surface area (Å²) >= 11 is 1.50. The number of alkyl halides is 1. The zero-order valence-electron chi connectivity index (χ0n) is 21.2. The molecule has 7 atom stereocenters. The Morgan fingerprint density at radius 1 is 1.31 bits per heavy atom. The van der Waals surface area contributed by atoms with Crippen LogP contribution in [0.15, 0.2) is 11.0 Å². The van der Waals surface area contributed by atoms with Gasteiger partial charge < -0.3 is 25.0 Å². The second-order valence-electron chi connectivity index (χ2n) is 10.3. The zero-order chi connectivity index (χ0) is 26.1. The molecule has 0 aliphatic carbocycles. The number of hydrogen-bond donors (Lipinski definition) is 3. The highest BCUT2D eigenvalue weighted by molar-refractivity contribution is 7.09.